The second-order valence-electron chi connectivity index (χ2n) is 10.5. The number of para-hydroxylation sites is 1. The van der Waals surface area contributed by atoms with Gasteiger partial charge in [-0.25, -0.2) is 4.99 Å². The van der Waals surface area contributed by atoms with Crippen molar-refractivity contribution >= 4 is 45.2 Å². The highest BCUT2D eigenvalue weighted by Crippen LogP contribution is 2.50. The van der Waals surface area contributed by atoms with Crippen LogP contribution in [0.5, 0.6) is 0 Å². The fourth-order valence-electron chi connectivity index (χ4n) is 5.57. The van der Waals surface area contributed by atoms with E-state index in [1.54, 1.807) is 0 Å². The molecule has 3 heteroatoms. The van der Waals surface area contributed by atoms with Gasteiger partial charge in [0.1, 0.15) is 11.2 Å². The second kappa shape index (κ2) is 8.35. The van der Waals surface area contributed by atoms with Crippen molar-refractivity contribution in [2.24, 2.45) is 4.99 Å². The Balaban J connectivity index is 1.35. The molecule has 1 aliphatic carbocycles. The summed E-state index contributed by atoms with van der Waals surface area (Å²) in [5.41, 5.74) is 11.9. The van der Waals surface area contributed by atoms with Gasteiger partial charge in [-0.1, -0.05) is 69.5 Å². The van der Waals surface area contributed by atoms with Gasteiger partial charge in [-0.2, -0.15) is 0 Å². The van der Waals surface area contributed by atoms with E-state index in [1.807, 2.05) is 43.7 Å². The van der Waals surface area contributed by atoms with Crippen molar-refractivity contribution < 1.29 is 4.42 Å². The van der Waals surface area contributed by atoms with Gasteiger partial charge in [-0.05, 0) is 71.1 Å². The van der Waals surface area contributed by atoms with Gasteiger partial charge >= 0.3 is 0 Å². The van der Waals surface area contributed by atoms with E-state index in [2.05, 4.69) is 87.4 Å². The average Bonchev–Trinajstić information content (AvgIpc) is 3.38. The van der Waals surface area contributed by atoms with Crippen LogP contribution in [-0.2, 0) is 5.41 Å². The van der Waals surface area contributed by atoms with Gasteiger partial charge in [-0.15, -0.1) is 0 Å². The maximum atomic E-state index is 5.97. The molecule has 1 heterocycles. The van der Waals surface area contributed by atoms with Crippen molar-refractivity contribution in [3.63, 3.8) is 0 Å². The average molecular weight is 483 g/mol. The first kappa shape index (κ1) is 23.1. The lowest BCUT2D eigenvalue weighted by Crippen LogP contribution is -2.19. The van der Waals surface area contributed by atoms with Gasteiger partial charge in [0.25, 0.3) is 0 Å². The first-order valence-corrected chi connectivity index (χ1v) is 12.6. The largest absolute Gasteiger partial charge is 0.456 e. The predicted molar refractivity (Wildman–Crippen MR) is 158 cm³/mol. The summed E-state index contributed by atoms with van der Waals surface area (Å²) < 4.78 is 5.97. The predicted octanol–water partition coefficient (Wildman–Crippen LogP) is 9.06. The van der Waals surface area contributed by atoms with Crippen LogP contribution < -0.4 is 4.90 Å². The fraction of sp³-hybridized carbons (Fsp3) is 0.147. The molecule has 0 spiro atoms. The molecule has 0 saturated heterocycles. The van der Waals surface area contributed by atoms with E-state index in [1.165, 1.54) is 22.3 Å². The number of hydrogen-bond donors (Lipinski definition) is 0. The number of benzene rings is 4. The van der Waals surface area contributed by atoms with Crippen LogP contribution in [0.4, 0.5) is 5.69 Å². The third kappa shape index (κ3) is 3.62. The third-order valence-corrected chi connectivity index (χ3v) is 7.64. The van der Waals surface area contributed by atoms with Gasteiger partial charge in [0.15, 0.2) is 0 Å². The van der Waals surface area contributed by atoms with Crippen LogP contribution in [-0.4, -0.2) is 13.4 Å². The molecule has 182 valence electrons. The smallest absolute Gasteiger partial charge is 0.135 e. The molecular weight excluding hydrogens is 452 g/mol. The van der Waals surface area contributed by atoms with Gasteiger partial charge < -0.3 is 9.32 Å². The summed E-state index contributed by atoms with van der Waals surface area (Å²) in [5.74, 6) is 0. The zero-order valence-corrected chi connectivity index (χ0v) is 21.8. The first-order chi connectivity index (χ1) is 17.8. The van der Waals surface area contributed by atoms with Crippen molar-refractivity contribution in [2.75, 3.05) is 11.9 Å². The minimum atomic E-state index is -0.0708. The summed E-state index contributed by atoms with van der Waals surface area (Å²) in [5, 5.41) is 2.17. The van der Waals surface area contributed by atoms with Gasteiger partial charge in [0.05, 0.1) is 12.0 Å². The molecule has 4 aromatic carbocycles. The Bertz CT molecular complexity index is 1770. The number of hydrogen-bond acceptors (Lipinski definition) is 2. The van der Waals surface area contributed by atoms with E-state index in [0.29, 0.717) is 5.70 Å². The first-order valence-electron chi connectivity index (χ1n) is 12.6. The molecule has 6 rings (SSSR count). The highest BCUT2D eigenvalue weighted by Gasteiger charge is 2.36. The molecule has 0 atom stereocenters. The Morgan fingerprint density at radius 3 is 2.38 bits per heavy atom. The number of fused-ring (bicyclic) bond motifs is 6. The molecule has 0 unspecified atom stereocenters. The van der Waals surface area contributed by atoms with Crippen LogP contribution >= 0.6 is 0 Å². The molecule has 5 aromatic rings. The molecule has 37 heavy (non-hydrogen) atoms. The molecule has 1 aromatic heterocycles. The van der Waals surface area contributed by atoms with Gasteiger partial charge in [0.2, 0.25) is 0 Å². The topological polar surface area (TPSA) is 28.7 Å². The molecule has 0 aliphatic heterocycles. The van der Waals surface area contributed by atoms with Crippen LogP contribution in [0.1, 0.15) is 43.0 Å². The van der Waals surface area contributed by atoms with Crippen LogP contribution in [0.2, 0.25) is 0 Å². The third-order valence-electron chi connectivity index (χ3n) is 7.64. The maximum Gasteiger partial charge on any atom is 0.135 e. The van der Waals surface area contributed by atoms with Crippen molar-refractivity contribution in [3.05, 3.63) is 114 Å². The summed E-state index contributed by atoms with van der Waals surface area (Å²) in [4.78, 5) is 6.83. The van der Waals surface area contributed by atoms with E-state index < -0.39 is 0 Å². The van der Waals surface area contributed by atoms with E-state index >= 15 is 0 Å². The second-order valence-corrected chi connectivity index (χ2v) is 10.5. The Labute approximate surface area is 218 Å². The lowest BCUT2D eigenvalue weighted by Gasteiger charge is -2.25. The molecule has 0 bridgehead atoms. The summed E-state index contributed by atoms with van der Waals surface area (Å²) in [6, 6.07) is 27.5. The van der Waals surface area contributed by atoms with Crippen molar-refractivity contribution in [1.29, 1.82) is 0 Å². The van der Waals surface area contributed by atoms with Gasteiger partial charge in [0, 0.05) is 40.0 Å². The lowest BCUT2D eigenvalue weighted by molar-refractivity contribution is 0.660. The molecule has 0 amide bonds. The van der Waals surface area contributed by atoms with E-state index in [9.17, 15) is 0 Å². The molecule has 0 fully saturated rings. The van der Waals surface area contributed by atoms with Crippen LogP contribution in [0.15, 0.2) is 101 Å². The minimum Gasteiger partial charge on any atom is -0.456 e. The molecule has 0 radical (unpaired) electrons. The summed E-state index contributed by atoms with van der Waals surface area (Å²) in [6.45, 7) is 15.2. The van der Waals surface area contributed by atoms with Crippen molar-refractivity contribution in [3.8, 4) is 11.1 Å². The van der Waals surface area contributed by atoms with Crippen LogP contribution in [0, 0.1) is 0 Å². The quantitative estimate of drug-likeness (QED) is 0.185. The zero-order valence-electron chi connectivity index (χ0n) is 21.8. The monoisotopic (exact) mass is 482 g/mol. The number of anilines is 1. The highest BCUT2D eigenvalue weighted by atomic mass is 16.3. The molecule has 0 N–H and O–H groups in total. The number of allylic oxidation sites excluding steroid dienone is 1. The summed E-state index contributed by atoms with van der Waals surface area (Å²) >= 11 is 0. The van der Waals surface area contributed by atoms with E-state index in [-0.39, 0.29) is 5.41 Å². The van der Waals surface area contributed by atoms with Crippen LogP contribution in [0.3, 0.4) is 0 Å². The van der Waals surface area contributed by atoms with Crippen molar-refractivity contribution in [1.82, 2.24) is 0 Å². The molecule has 3 nitrogen and oxygen atoms in total. The molecular formula is C34H30N2O. The highest BCUT2D eigenvalue weighted by molar-refractivity contribution is 6.06. The number of aliphatic imine (C=N–C) groups is 1. The van der Waals surface area contributed by atoms with Crippen molar-refractivity contribution in [2.45, 2.75) is 26.2 Å². The standard InChI is InChI=1S/C34H30N2O/c1-21(2)26-18-27-24-11-7-9-13-29(24)34(4,5)30(27)19-31(26)36(6)20-35-22(3)23-15-16-33-28(17-23)25-12-8-10-14-32(25)37-33/h7-20H,1,3H2,2,4-6H3/b35-20+. The SMILES string of the molecule is C=C(/N=C/N(C)c1cc2c(cc1C(=C)C)-c1ccccc1C2(C)C)c1ccc2oc3ccccc3c2c1. The van der Waals surface area contributed by atoms with E-state index in [4.69, 9.17) is 9.41 Å². The molecule has 1 aliphatic rings. The van der Waals surface area contributed by atoms with Crippen LogP contribution in [0.25, 0.3) is 44.3 Å². The van der Waals surface area contributed by atoms with Gasteiger partial charge in [-0.3, -0.25) is 0 Å². The summed E-state index contributed by atoms with van der Waals surface area (Å²) in [6.07, 6.45) is 1.85. The number of furan rings is 1. The lowest BCUT2D eigenvalue weighted by atomic mass is 9.82. The summed E-state index contributed by atoms with van der Waals surface area (Å²) in [7, 11) is 2.03. The minimum absolute atomic E-state index is 0.0708. The number of nitrogens with zero attached hydrogens (tertiary/aromatic N) is 2. The molecule has 0 saturated carbocycles. The fourth-order valence-corrected chi connectivity index (χ4v) is 5.57. The Hall–Kier alpha value is -4.37. The Kier molecular flexibility index (Phi) is 5.20. The number of rotatable bonds is 5. The zero-order chi connectivity index (χ0) is 25.9. The maximum absolute atomic E-state index is 5.97. The van der Waals surface area contributed by atoms with E-state index in [0.717, 1.165) is 44.3 Å². The normalized spacial score (nSPS) is 13.7. The Morgan fingerprint density at radius 2 is 1.57 bits per heavy atom. The Morgan fingerprint density at radius 1 is 0.838 bits per heavy atom.